The SMILES string of the molecule is CCSc1ccc(C(=O)N(CCN(C)C)c2nc3c(S(C)(=O)=O)cccc3s2)cc1.Cl. The molecule has 0 N–H and O–H groups in total. The number of anilines is 1. The van der Waals surface area contributed by atoms with Gasteiger partial charge in [0.15, 0.2) is 15.0 Å². The van der Waals surface area contributed by atoms with Crippen LogP contribution in [0.1, 0.15) is 17.3 Å². The van der Waals surface area contributed by atoms with Gasteiger partial charge >= 0.3 is 0 Å². The highest BCUT2D eigenvalue weighted by molar-refractivity contribution is 7.99. The van der Waals surface area contributed by atoms with E-state index in [0.29, 0.717) is 29.3 Å². The van der Waals surface area contributed by atoms with Gasteiger partial charge in [0.2, 0.25) is 0 Å². The van der Waals surface area contributed by atoms with E-state index in [-0.39, 0.29) is 23.2 Å². The van der Waals surface area contributed by atoms with Crippen LogP contribution in [0.15, 0.2) is 52.3 Å². The standard InChI is InChI=1S/C21H25N3O3S3.ClH/c1-5-28-16-11-9-15(10-12-16)20(25)24(14-13-23(2)3)21-22-19-17(29-21)7-6-8-18(19)30(4,26)27;/h6-12H,5,13-14H2,1-4H3;1H. The Labute approximate surface area is 198 Å². The summed E-state index contributed by atoms with van der Waals surface area (Å²) in [6.45, 7) is 3.19. The first-order valence-electron chi connectivity index (χ1n) is 9.49. The number of fused-ring (bicyclic) bond motifs is 1. The predicted octanol–water partition coefficient (Wildman–Crippen LogP) is 4.44. The fraction of sp³-hybridized carbons (Fsp3) is 0.333. The van der Waals surface area contributed by atoms with Crippen molar-refractivity contribution < 1.29 is 13.2 Å². The first-order valence-corrected chi connectivity index (χ1v) is 13.2. The minimum Gasteiger partial charge on any atom is -0.308 e. The molecule has 3 rings (SSSR count). The summed E-state index contributed by atoms with van der Waals surface area (Å²) in [6, 6.07) is 12.7. The first kappa shape index (κ1) is 25.6. The molecule has 0 saturated carbocycles. The van der Waals surface area contributed by atoms with E-state index in [4.69, 9.17) is 0 Å². The third kappa shape index (κ3) is 6.20. The molecule has 1 heterocycles. The summed E-state index contributed by atoms with van der Waals surface area (Å²) in [5, 5.41) is 0.500. The Morgan fingerprint density at radius 3 is 2.35 bits per heavy atom. The molecule has 0 atom stereocenters. The number of para-hydroxylation sites is 1. The Morgan fingerprint density at radius 1 is 1.10 bits per heavy atom. The number of sulfone groups is 1. The Kier molecular flexibility index (Phi) is 8.91. The van der Waals surface area contributed by atoms with Crippen LogP contribution in [0.3, 0.4) is 0 Å². The van der Waals surface area contributed by atoms with E-state index in [0.717, 1.165) is 15.3 Å². The largest absolute Gasteiger partial charge is 0.308 e. The number of hydrogen-bond acceptors (Lipinski definition) is 7. The van der Waals surface area contributed by atoms with Gasteiger partial charge in [-0.05, 0) is 56.2 Å². The highest BCUT2D eigenvalue weighted by Crippen LogP contribution is 2.33. The average Bonchev–Trinajstić information content (AvgIpc) is 3.11. The molecule has 0 aliphatic heterocycles. The second-order valence-electron chi connectivity index (χ2n) is 7.09. The molecular weight excluding hydrogens is 474 g/mol. The summed E-state index contributed by atoms with van der Waals surface area (Å²) < 4.78 is 25.1. The van der Waals surface area contributed by atoms with Crippen LogP contribution in [0.4, 0.5) is 5.13 Å². The van der Waals surface area contributed by atoms with Crippen molar-refractivity contribution in [2.75, 3.05) is 44.1 Å². The number of likely N-dealkylation sites (N-methyl/N-ethyl adjacent to an activating group) is 1. The molecule has 3 aromatic rings. The topological polar surface area (TPSA) is 70.6 Å². The molecule has 31 heavy (non-hydrogen) atoms. The highest BCUT2D eigenvalue weighted by atomic mass is 35.5. The third-order valence-electron chi connectivity index (χ3n) is 4.43. The van der Waals surface area contributed by atoms with Crippen LogP contribution in [0, 0.1) is 0 Å². The maximum Gasteiger partial charge on any atom is 0.260 e. The van der Waals surface area contributed by atoms with Crippen molar-refractivity contribution in [1.29, 1.82) is 0 Å². The van der Waals surface area contributed by atoms with Crippen molar-refractivity contribution in [3.63, 3.8) is 0 Å². The summed E-state index contributed by atoms with van der Waals surface area (Å²) in [4.78, 5) is 22.8. The Hall–Kier alpha value is -1.65. The van der Waals surface area contributed by atoms with Crippen LogP contribution >= 0.6 is 35.5 Å². The van der Waals surface area contributed by atoms with Crippen LogP contribution in [-0.2, 0) is 9.84 Å². The molecular formula is C21H26ClN3O3S3. The smallest absolute Gasteiger partial charge is 0.260 e. The molecule has 0 spiro atoms. The zero-order chi connectivity index (χ0) is 21.9. The van der Waals surface area contributed by atoms with Crippen LogP contribution in [0.25, 0.3) is 10.2 Å². The summed E-state index contributed by atoms with van der Waals surface area (Å²) in [5.74, 6) is 0.821. The normalized spacial score (nSPS) is 11.5. The number of thioether (sulfide) groups is 1. The van der Waals surface area contributed by atoms with E-state index in [1.807, 2.05) is 49.3 Å². The van der Waals surface area contributed by atoms with Gasteiger partial charge in [0.05, 0.1) is 9.60 Å². The molecule has 0 bridgehead atoms. The van der Waals surface area contributed by atoms with Crippen molar-refractivity contribution in [1.82, 2.24) is 9.88 Å². The molecule has 1 amide bonds. The molecule has 0 fully saturated rings. The molecule has 1 aromatic heterocycles. The van der Waals surface area contributed by atoms with Crippen molar-refractivity contribution in [2.45, 2.75) is 16.7 Å². The fourth-order valence-electron chi connectivity index (χ4n) is 2.93. The molecule has 10 heteroatoms. The molecule has 6 nitrogen and oxygen atoms in total. The van der Waals surface area contributed by atoms with Crippen LogP contribution < -0.4 is 4.90 Å². The second kappa shape index (κ2) is 10.8. The van der Waals surface area contributed by atoms with Crippen molar-refractivity contribution in [2.24, 2.45) is 0 Å². The Balaban J connectivity index is 0.00000341. The van der Waals surface area contributed by atoms with Crippen molar-refractivity contribution in [3.05, 3.63) is 48.0 Å². The van der Waals surface area contributed by atoms with Gasteiger partial charge in [-0.3, -0.25) is 9.69 Å². The predicted molar refractivity (Wildman–Crippen MR) is 133 cm³/mol. The molecule has 0 aliphatic carbocycles. The van der Waals surface area contributed by atoms with Gasteiger partial charge in [0.25, 0.3) is 5.91 Å². The number of benzene rings is 2. The zero-order valence-corrected chi connectivity index (χ0v) is 21.1. The van der Waals surface area contributed by atoms with Crippen LogP contribution in [-0.4, -0.2) is 63.4 Å². The fourth-order valence-corrected chi connectivity index (χ4v) is 5.50. The molecule has 0 saturated heterocycles. The zero-order valence-electron chi connectivity index (χ0n) is 17.9. The average molecular weight is 500 g/mol. The maximum absolute atomic E-state index is 13.3. The lowest BCUT2D eigenvalue weighted by Crippen LogP contribution is -2.36. The number of rotatable bonds is 8. The van der Waals surface area contributed by atoms with Crippen molar-refractivity contribution in [3.8, 4) is 0 Å². The van der Waals surface area contributed by atoms with E-state index >= 15 is 0 Å². The van der Waals surface area contributed by atoms with E-state index in [2.05, 4.69) is 11.9 Å². The lowest BCUT2D eigenvalue weighted by Gasteiger charge is -2.22. The molecule has 0 radical (unpaired) electrons. The number of carbonyl (C=O) groups is 1. The number of nitrogens with zero attached hydrogens (tertiary/aromatic N) is 3. The van der Waals surface area contributed by atoms with Gasteiger partial charge < -0.3 is 4.90 Å². The molecule has 168 valence electrons. The Bertz CT molecular complexity index is 1150. The molecule has 0 unspecified atom stereocenters. The van der Waals surface area contributed by atoms with Gasteiger partial charge in [-0.2, -0.15) is 0 Å². The lowest BCUT2D eigenvalue weighted by molar-refractivity contribution is 0.0985. The molecule has 0 aliphatic rings. The number of thiazole rings is 1. The van der Waals surface area contributed by atoms with Gasteiger partial charge in [0, 0.05) is 29.8 Å². The van der Waals surface area contributed by atoms with Gasteiger partial charge in [-0.15, -0.1) is 24.2 Å². The highest BCUT2D eigenvalue weighted by Gasteiger charge is 2.23. The summed E-state index contributed by atoms with van der Waals surface area (Å²) in [5.41, 5.74) is 0.995. The summed E-state index contributed by atoms with van der Waals surface area (Å²) >= 11 is 3.05. The van der Waals surface area contributed by atoms with E-state index < -0.39 is 9.84 Å². The Morgan fingerprint density at radius 2 is 1.77 bits per heavy atom. The quantitative estimate of drug-likeness (QED) is 0.427. The van der Waals surface area contributed by atoms with Crippen LogP contribution in [0.5, 0.6) is 0 Å². The maximum atomic E-state index is 13.3. The van der Waals surface area contributed by atoms with Gasteiger partial charge in [0.1, 0.15) is 5.52 Å². The number of halogens is 1. The number of amides is 1. The number of carbonyl (C=O) groups excluding carboxylic acids is 1. The van der Waals surface area contributed by atoms with Crippen LogP contribution in [0.2, 0.25) is 0 Å². The lowest BCUT2D eigenvalue weighted by atomic mass is 10.2. The summed E-state index contributed by atoms with van der Waals surface area (Å²) in [7, 11) is 0.468. The third-order valence-corrected chi connectivity index (χ3v) is 7.50. The van der Waals surface area contributed by atoms with Crippen molar-refractivity contribution >= 4 is 66.6 Å². The first-order chi connectivity index (χ1) is 14.2. The summed E-state index contributed by atoms with van der Waals surface area (Å²) in [6.07, 6.45) is 1.17. The number of hydrogen-bond donors (Lipinski definition) is 0. The minimum absolute atomic E-state index is 0. The van der Waals surface area contributed by atoms with E-state index in [1.165, 1.54) is 17.6 Å². The molecule has 2 aromatic carbocycles. The van der Waals surface area contributed by atoms with Gasteiger partial charge in [-0.25, -0.2) is 13.4 Å². The minimum atomic E-state index is -3.42. The van der Waals surface area contributed by atoms with E-state index in [1.54, 1.807) is 28.8 Å². The van der Waals surface area contributed by atoms with E-state index in [9.17, 15) is 13.2 Å². The van der Waals surface area contributed by atoms with Gasteiger partial charge in [-0.1, -0.05) is 24.3 Å². The monoisotopic (exact) mass is 499 g/mol. The number of aromatic nitrogens is 1. The second-order valence-corrected chi connectivity index (χ2v) is 11.4.